The fraction of sp³-hybridized carbons (Fsp3) is 0. The number of nitrogens with zero attached hydrogens (tertiary/aromatic N) is 4. The van der Waals surface area contributed by atoms with Crippen molar-refractivity contribution in [2.45, 2.75) is 0 Å². The topological polar surface area (TPSA) is 41.9 Å². The third-order valence-corrected chi connectivity index (χ3v) is 7.10. The average molecular weight is 718 g/mol. The molecule has 0 saturated carbocycles. The predicted molar refractivity (Wildman–Crippen MR) is 167 cm³/mol. The van der Waals surface area contributed by atoms with Crippen LogP contribution in [-0.2, 0) is 20.1 Å². The van der Waals surface area contributed by atoms with Gasteiger partial charge in [0, 0.05) is 43.6 Å². The van der Waals surface area contributed by atoms with Crippen LogP contribution in [0.3, 0.4) is 0 Å². The zero-order chi connectivity index (χ0) is 27.4. The molecule has 3 heterocycles. The summed E-state index contributed by atoms with van der Waals surface area (Å²) in [7, 11) is 0. The van der Waals surface area contributed by atoms with E-state index in [9.17, 15) is 0 Å². The summed E-state index contributed by atoms with van der Waals surface area (Å²) in [5, 5.41) is 1.27. The maximum Gasteiger partial charge on any atom is 0.138 e. The van der Waals surface area contributed by atoms with Crippen LogP contribution in [0.25, 0.3) is 44.4 Å². The Bertz CT molecular complexity index is 1840. The van der Waals surface area contributed by atoms with E-state index in [1.54, 1.807) is 12.4 Å². The number of rotatable bonds is 4. The van der Waals surface area contributed by atoms with Crippen LogP contribution in [0.4, 0.5) is 17.3 Å². The molecule has 0 spiro atoms. The number of benzene rings is 4. The molecule has 0 N–H and O–H groups in total. The van der Waals surface area contributed by atoms with E-state index >= 15 is 0 Å². The minimum absolute atomic E-state index is 0. The molecule has 0 amide bonds. The van der Waals surface area contributed by atoms with Crippen molar-refractivity contribution in [3.05, 3.63) is 158 Å². The van der Waals surface area contributed by atoms with Crippen molar-refractivity contribution in [2.24, 2.45) is 0 Å². The first-order valence-electron chi connectivity index (χ1n) is 13.5. The molecule has 0 unspecified atom stereocenters. The second kappa shape index (κ2) is 12.3. The maximum absolute atomic E-state index is 4.86. The Balaban J connectivity index is 0.000000149. The first-order chi connectivity index (χ1) is 20.4. The molecule has 0 saturated heterocycles. The van der Waals surface area contributed by atoms with Gasteiger partial charge in [-0.3, -0.25) is 9.88 Å². The maximum atomic E-state index is 4.86. The summed E-state index contributed by atoms with van der Waals surface area (Å²) in [6.07, 6.45) is 3.57. The molecule has 4 aromatic carbocycles. The number of aromatic nitrogens is 3. The van der Waals surface area contributed by atoms with Crippen LogP contribution in [0, 0.1) is 6.07 Å². The van der Waals surface area contributed by atoms with Gasteiger partial charge in [0.1, 0.15) is 11.6 Å². The Morgan fingerprint density at radius 3 is 1.79 bits per heavy atom. The fourth-order valence-corrected chi connectivity index (χ4v) is 5.30. The molecule has 1 aliphatic rings. The van der Waals surface area contributed by atoms with Crippen LogP contribution in [0.15, 0.2) is 152 Å². The molecule has 7 aromatic rings. The Hall–Kier alpha value is -4.96. The minimum Gasteiger partial charge on any atom is -0.296 e. The molecular weight excluding hydrogens is 693 g/mol. The second-order valence-corrected chi connectivity index (χ2v) is 9.62. The molecule has 0 aliphatic heterocycles. The number of hydrogen-bond donors (Lipinski definition) is 0. The van der Waals surface area contributed by atoms with E-state index < -0.39 is 0 Å². The predicted octanol–water partition coefficient (Wildman–Crippen LogP) is 9.29. The zero-order valence-corrected chi connectivity index (χ0v) is 25.0. The third kappa shape index (κ3) is 5.24. The number of hydrogen-bond acceptors (Lipinski definition) is 4. The quantitative estimate of drug-likeness (QED) is 0.170. The van der Waals surface area contributed by atoms with Crippen LogP contribution in [0.5, 0.6) is 0 Å². The first-order valence-corrected chi connectivity index (χ1v) is 13.5. The van der Waals surface area contributed by atoms with E-state index in [-0.39, 0.29) is 20.1 Å². The summed E-state index contributed by atoms with van der Waals surface area (Å²) in [5.41, 5.74) is 9.29. The van der Waals surface area contributed by atoms with Crippen molar-refractivity contribution in [3.63, 3.8) is 0 Å². The van der Waals surface area contributed by atoms with E-state index in [0.29, 0.717) is 0 Å². The van der Waals surface area contributed by atoms with Crippen LogP contribution in [0.1, 0.15) is 0 Å². The van der Waals surface area contributed by atoms with Crippen LogP contribution >= 0.6 is 0 Å². The van der Waals surface area contributed by atoms with Crippen LogP contribution < -0.4 is 4.90 Å². The van der Waals surface area contributed by atoms with E-state index in [1.165, 1.54) is 27.6 Å². The van der Waals surface area contributed by atoms with Crippen molar-refractivity contribution < 1.29 is 20.1 Å². The zero-order valence-electron chi connectivity index (χ0n) is 22.6. The number of fused-ring (bicyclic) bond motifs is 3. The molecule has 3 aromatic heterocycles. The van der Waals surface area contributed by atoms with Crippen LogP contribution in [-0.4, -0.2) is 15.0 Å². The van der Waals surface area contributed by atoms with Gasteiger partial charge >= 0.3 is 0 Å². The van der Waals surface area contributed by atoms with Gasteiger partial charge in [-0.1, -0.05) is 72.8 Å². The van der Waals surface area contributed by atoms with Gasteiger partial charge in [0.2, 0.25) is 0 Å². The van der Waals surface area contributed by atoms with Crippen molar-refractivity contribution in [1.82, 2.24) is 15.0 Å². The van der Waals surface area contributed by atoms with Gasteiger partial charge in [0.15, 0.2) is 0 Å². The van der Waals surface area contributed by atoms with Gasteiger partial charge < -0.3 is 0 Å². The standard InChI is InChI=1S/C21H12N.C16H13N3.Ir/c1-2-7-14(8-3-1)20-13-18-16-10-5-4-9-15(16)17-11-6-12-19(22-20)21(17)18;1-2-8-14(9-3-1)19(15-10-4-6-12-17-15)16-11-5-7-13-18-16;/h1-7,9-13H;1-13H;/q-1;;. The Kier molecular flexibility index (Phi) is 7.96. The fourth-order valence-electron chi connectivity index (χ4n) is 5.30. The van der Waals surface area contributed by atoms with Gasteiger partial charge in [-0.25, -0.2) is 9.97 Å². The SMILES string of the molecule is [Ir].[c-]1ccccc1-c1cc2c3c(cccc3n1)-c1ccccc1-2.c1ccc(N(c2ccccn2)c2ccccn2)cc1. The third-order valence-electron chi connectivity index (χ3n) is 7.10. The average Bonchev–Trinajstić information content (AvgIpc) is 3.38. The van der Waals surface area contributed by atoms with E-state index in [0.717, 1.165) is 34.1 Å². The van der Waals surface area contributed by atoms with Crippen molar-refractivity contribution in [2.75, 3.05) is 4.90 Å². The molecule has 203 valence electrons. The summed E-state index contributed by atoms with van der Waals surface area (Å²) < 4.78 is 0. The smallest absolute Gasteiger partial charge is 0.138 e. The van der Waals surface area contributed by atoms with Gasteiger partial charge in [-0.15, -0.1) is 35.9 Å². The largest absolute Gasteiger partial charge is 0.296 e. The summed E-state index contributed by atoms with van der Waals surface area (Å²) >= 11 is 0. The monoisotopic (exact) mass is 718 g/mol. The Morgan fingerprint density at radius 2 is 1.14 bits per heavy atom. The molecule has 0 atom stereocenters. The normalized spacial score (nSPS) is 10.7. The van der Waals surface area contributed by atoms with E-state index in [1.807, 2.05) is 89.8 Å². The first kappa shape index (κ1) is 27.2. The Labute approximate surface area is 258 Å². The number of anilines is 3. The Morgan fingerprint density at radius 1 is 0.524 bits per heavy atom. The summed E-state index contributed by atoms with van der Waals surface area (Å²) in [4.78, 5) is 15.7. The number of para-hydroxylation sites is 1. The van der Waals surface area contributed by atoms with Gasteiger partial charge in [0.05, 0.1) is 5.52 Å². The second-order valence-electron chi connectivity index (χ2n) is 9.62. The molecule has 0 fully saturated rings. The minimum atomic E-state index is 0. The molecule has 1 aliphatic carbocycles. The summed E-state index contributed by atoms with van der Waals surface area (Å²) in [6, 6.07) is 50.3. The van der Waals surface area contributed by atoms with Crippen molar-refractivity contribution >= 4 is 28.2 Å². The van der Waals surface area contributed by atoms with Gasteiger partial charge in [-0.05, 0) is 70.4 Å². The summed E-state index contributed by atoms with van der Waals surface area (Å²) in [6.45, 7) is 0. The molecule has 5 heteroatoms. The van der Waals surface area contributed by atoms with Crippen LogP contribution in [0.2, 0.25) is 0 Å². The van der Waals surface area contributed by atoms with E-state index in [4.69, 9.17) is 4.98 Å². The van der Waals surface area contributed by atoms with Crippen molar-refractivity contribution in [1.29, 1.82) is 0 Å². The molecule has 0 bridgehead atoms. The molecule has 1 radical (unpaired) electrons. The molecular formula is C37H25IrN4-. The summed E-state index contributed by atoms with van der Waals surface area (Å²) in [5.74, 6) is 1.71. The molecule has 42 heavy (non-hydrogen) atoms. The molecule has 4 nitrogen and oxygen atoms in total. The van der Waals surface area contributed by atoms with Crippen molar-refractivity contribution in [3.8, 4) is 33.5 Å². The van der Waals surface area contributed by atoms with Gasteiger partial charge in [-0.2, -0.15) is 0 Å². The van der Waals surface area contributed by atoms with E-state index in [2.05, 4.69) is 70.6 Å². The number of pyridine rings is 3. The molecule has 8 rings (SSSR count). The van der Waals surface area contributed by atoms with Gasteiger partial charge in [0.25, 0.3) is 0 Å².